The Hall–Kier alpha value is -1.46. The van der Waals surface area contributed by atoms with Crippen LogP contribution in [0, 0.1) is 0 Å². The maximum Gasteiger partial charge on any atom is 0.262 e. The van der Waals surface area contributed by atoms with Gasteiger partial charge in [-0.15, -0.1) is 0 Å². The standard InChI is InChI=1S/C19H29NO3Si/c1-6-16-19(5,23-24(7-2,8-3)9-4)18(22)20(16)17(21)15-13-11-10-12-14-15/h10-14,16H,6-9H2,1-5H3/t16-,19+/m0/s1. The molecule has 0 unspecified atom stereocenters. The number of hydrogen-bond donors (Lipinski definition) is 0. The molecule has 0 aromatic heterocycles. The molecular formula is C19H29NO3Si. The summed E-state index contributed by atoms with van der Waals surface area (Å²) < 4.78 is 6.54. The van der Waals surface area contributed by atoms with E-state index in [1.807, 2.05) is 32.0 Å². The molecule has 0 saturated carbocycles. The Morgan fingerprint density at radius 1 is 1.12 bits per heavy atom. The Kier molecular flexibility index (Phi) is 5.66. The second-order valence-corrected chi connectivity index (χ2v) is 11.4. The van der Waals surface area contributed by atoms with Crippen LogP contribution < -0.4 is 0 Å². The predicted octanol–water partition coefficient (Wildman–Crippen LogP) is 4.23. The van der Waals surface area contributed by atoms with Crippen LogP contribution in [0.2, 0.25) is 18.1 Å². The van der Waals surface area contributed by atoms with Gasteiger partial charge in [-0.25, -0.2) is 0 Å². The molecule has 1 aromatic carbocycles. The Morgan fingerprint density at radius 2 is 1.67 bits per heavy atom. The summed E-state index contributed by atoms with van der Waals surface area (Å²) in [5, 5.41) is 0. The molecule has 2 amide bonds. The Bertz CT molecular complexity index is 592. The molecule has 0 N–H and O–H groups in total. The summed E-state index contributed by atoms with van der Waals surface area (Å²) in [7, 11) is -1.92. The number of β-lactam (4-membered cyclic amide) rings is 1. The monoisotopic (exact) mass is 347 g/mol. The van der Waals surface area contributed by atoms with Crippen LogP contribution >= 0.6 is 0 Å². The van der Waals surface area contributed by atoms with Gasteiger partial charge in [0.1, 0.15) is 0 Å². The van der Waals surface area contributed by atoms with Crippen LogP contribution in [0.4, 0.5) is 0 Å². The molecule has 1 aromatic rings. The van der Waals surface area contributed by atoms with Crippen LogP contribution in [0.1, 0.15) is 51.4 Å². The second-order valence-electron chi connectivity index (χ2n) is 6.72. The van der Waals surface area contributed by atoms with Crippen molar-refractivity contribution in [2.75, 3.05) is 0 Å². The number of likely N-dealkylation sites (tertiary alicyclic amines) is 1. The third-order valence-corrected chi connectivity index (χ3v) is 10.3. The highest BCUT2D eigenvalue weighted by molar-refractivity contribution is 6.73. The highest BCUT2D eigenvalue weighted by atomic mass is 28.4. The molecule has 0 bridgehead atoms. The summed E-state index contributed by atoms with van der Waals surface area (Å²) in [6, 6.07) is 11.8. The second kappa shape index (κ2) is 7.19. The molecule has 1 saturated heterocycles. The van der Waals surface area contributed by atoms with Crippen LogP contribution in [0.15, 0.2) is 30.3 Å². The summed E-state index contributed by atoms with van der Waals surface area (Å²) in [4.78, 5) is 27.0. The van der Waals surface area contributed by atoms with Crippen molar-refractivity contribution in [3.63, 3.8) is 0 Å². The van der Waals surface area contributed by atoms with Gasteiger partial charge in [-0.3, -0.25) is 14.5 Å². The first-order chi connectivity index (χ1) is 11.4. The molecule has 0 spiro atoms. The van der Waals surface area contributed by atoms with E-state index in [4.69, 9.17) is 4.43 Å². The molecule has 2 rings (SSSR count). The first-order valence-corrected chi connectivity index (χ1v) is 11.5. The molecule has 1 heterocycles. The van der Waals surface area contributed by atoms with Crippen molar-refractivity contribution in [1.82, 2.24) is 4.90 Å². The fourth-order valence-electron chi connectivity index (χ4n) is 3.76. The van der Waals surface area contributed by atoms with E-state index in [1.54, 1.807) is 12.1 Å². The van der Waals surface area contributed by atoms with Crippen LogP contribution in [-0.4, -0.2) is 36.7 Å². The largest absolute Gasteiger partial charge is 0.401 e. The lowest BCUT2D eigenvalue weighted by molar-refractivity contribution is -0.176. The molecule has 1 aliphatic rings. The van der Waals surface area contributed by atoms with Crippen molar-refractivity contribution in [3.8, 4) is 0 Å². The van der Waals surface area contributed by atoms with Gasteiger partial charge in [-0.2, -0.15) is 0 Å². The van der Waals surface area contributed by atoms with Gasteiger partial charge in [0.05, 0.1) is 6.04 Å². The molecule has 132 valence electrons. The zero-order chi connectivity index (χ0) is 18.0. The van der Waals surface area contributed by atoms with Gasteiger partial charge in [0, 0.05) is 5.56 Å². The lowest BCUT2D eigenvalue weighted by Gasteiger charge is -2.55. The number of rotatable bonds is 7. The SMILES string of the molecule is CC[C@@H]1N(C(=O)c2ccccc2)C(=O)[C@]1(C)O[Si](CC)(CC)CC. The highest BCUT2D eigenvalue weighted by Gasteiger charge is 2.62. The minimum atomic E-state index is -1.92. The zero-order valence-electron chi connectivity index (χ0n) is 15.5. The minimum absolute atomic E-state index is 0.185. The molecular weight excluding hydrogens is 318 g/mol. The van der Waals surface area contributed by atoms with Gasteiger partial charge >= 0.3 is 0 Å². The van der Waals surface area contributed by atoms with Gasteiger partial charge in [0.25, 0.3) is 11.8 Å². The molecule has 0 radical (unpaired) electrons. The van der Waals surface area contributed by atoms with Crippen molar-refractivity contribution in [2.45, 2.75) is 70.8 Å². The highest BCUT2D eigenvalue weighted by Crippen LogP contribution is 2.41. The summed E-state index contributed by atoms with van der Waals surface area (Å²) in [6.07, 6.45) is 0.711. The van der Waals surface area contributed by atoms with Crippen molar-refractivity contribution >= 4 is 20.1 Å². The van der Waals surface area contributed by atoms with Crippen LogP contribution in [-0.2, 0) is 9.22 Å². The Balaban J connectivity index is 2.26. The fraction of sp³-hybridized carbons (Fsp3) is 0.579. The molecule has 4 nitrogen and oxygen atoms in total. The first-order valence-electron chi connectivity index (χ1n) is 9.02. The molecule has 24 heavy (non-hydrogen) atoms. The Labute approximate surface area is 146 Å². The molecule has 1 fully saturated rings. The predicted molar refractivity (Wildman–Crippen MR) is 98.4 cm³/mol. The van der Waals surface area contributed by atoms with E-state index in [9.17, 15) is 9.59 Å². The molecule has 0 aliphatic carbocycles. The summed E-state index contributed by atoms with van der Waals surface area (Å²) >= 11 is 0. The number of amides is 2. The average molecular weight is 348 g/mol. The summed E-state index contributed by atoms with van der Waals surface area (Å²) in [5.74, 6) is -0.402. The van der Waals surface area contributed by atoms with Gasteiger partial charge < -0.3 is 4.43 Å². The smallest absolute Gasteiger partial charge is 0.262 e. The summed E-state index contributed by atoms with van der Waals surface area (Å²) in [5.41, 5.74) is -0.302. The minimum Gasteiger partial charge on any atom is -0.401 e. The van der Waals surface area contributed by atoms with Crippen molar-refractivity contribution in [3.05, 3.63) is 35.9 Å². The normalized spacial score (nSPS) is 24.0. The third-order valence-electron chi connectivity index (χ3n) is 5.58. The van der Waals surface area contributed by atoms with Crippen molar-refractivity contribution < 1.29 is 14.0 Å². The van der Waals surface area contributed by atoms with Crippen LogP contribution in [0.25, 0.3) is 0 Å². The molecule has 5 heteroatoms. The topological polar surface area (TPSA) is 46.6 Å². The lowest BCUT2D eigenvalue weighted by Crippen LogP contribution is -2.76. The van der Waals surface area contributed by atoms with Gasteiger partial charge in [-0.05, 0) is 43.6 Å². The summed E-state index contributed by atoms with van der Waals surface area (Å²) in [6.45, 7) is 10.3. The van der Waals surface area contributed by atoms with E-state index in [1.165, 1.54) is 4.90 Å². The number of benzene rings is 1. The molecule has 1 aliphatic heterocycles. The number of carbonyl (C=O) groups is 2. The lowest BCUT2D eigenvalue weighted by atomic mass is 9.81. The van der Waals surface area contributed by atoms with Crippen molar-refractivity contribution in [1.29, 1.82) is 0 Å². The van der Waals surface area contributed by atoms with Crippen LogP contribution in [0.3, 0.4) is 0 Å². The third kappa shape index (κ3) is 2.95. The number of hydrogen-bond acceptors (Lipinski definition) is 3. The van der Waals surface area contributed by atoms with E-state index in [0.717, 1.165) is 18.1 Å². The van der Waals surface area contributed by atoms with E-state index in [0.29, 0.717) is 12.0 Å². The molecule has 2 atom stereocenters. The maximum absolute atomic E-state index is 12.9. The van der Waals surface area contributed by atoms with E-state index < -0.39 is 13.9 Å². The van der Waals surface area contributed by atoms with E-state index >= 15 is 0 Å². The van der Waals surface area contributed by atoms with Gasteiger partial charge in [0.15, 0.2) is 13.9 Å². The van der Waals surface area contributed by atoms with Crippen molar-refractivity contribution in [2.24, 2.45) is 0 Å². The van der Waals surface area contributed by atoms with Gasteiger partial charge in [-0.1, -0.05) is 45.9 Å². The van der Waals surface area contributed by atoms with E-state index in [2.05, 4.69) is 20.8 Å². The quantitative estimate of drug-likeness (QED) is 0.421. The average Bonchev–Trinajstić information content (AvgIpc) is 2.63. The maximum atomic E-state index is 12.9. The Morgan fingerprint density at radius 3 is 2.12 bits per heavy atom. The van der Waals surface area contributed by atoms with Crippen LogP contribution in [0.5, 0.6) is 0 Å². The number of nitrogens with zero attached hydrogens (tertiary/aromatic N) is 1. The first kappa shape index (κ1) is 18.9. The van der Waals surface area contributed by atoms with Gasteiger partial charge in [0.2, 0.25) is 0 Å². The zero-order valence-corrected chi connectivity index (χ0v) is 16.5. The van der Waals surface area contributed by atoms with E-state index in [-0.39, 0.29) is 17.9 Å². The number of imide groups is 1. The fourth-order valence-corrected chi connectivity index (χ4v) is 6.81. The number of carbonyl (C=O) groups excluding carboxylic acids is 2.